The van der Waals surface area contributed by atoms with Gasteiger partial charge in [-0.15, -0.1) is 0 Å². The fourth-order valence-corrected chi connectivity index (χ4v) is 2.07. The van der Waals surface area contributed by atoms with Gasteiger partial charge in [-0.1, -0.05) is 11.6 Å². The molecule has 0 fully saturated rings. The molecule has 1 aromatic rings. The molecule has 80 valence electrons. The summed E-state index contributed by atoms with van der Waals surface area (Å²) in [5, 5.41) is 17.9. The summed E-state index contributed by atoms with van der Waals surface area (Å²) < 4.78 is 13.1. The molecule has 1 aromatic carbocycles. The maximum absolute atomic E-state index is 13.1. The van der Waals surface area contributed by atoms with E-state index in [-0.39, 0.29) is 12.2 Å². The Labute approximate surface area is 87.7 Å². The average Bonchev–Trinajstić information content (AvgIpc) is 2.43. The molecule has 0 atom stereocenters. The van der Waals surface area contributed by atoms with Gasteiger partial charge in [0.1, 0.15) is 5.82 Å². The molecule has 0 bridgehead atoms. The molecule has 0 aromatic heterocycles. The summed E-state index contributed by atoms with van der Waals surface area (Å²) >= 11 is 0. The molecule has 0 amide bonds. The van der Waals surface area contributed by atoms with Crippen LogP contribution in [0.3, 0.4) is 0 Å². The second-order valence-electron chi connectivity index (χ2n) is 3.92. The van der Waals surface area contributed by atoms with Crippen LogP contribution in [0.15, 0.2) is 23.8 Å². The second kappa shape index (κ2) is 3.76. The Kier molecular flexibility index (Phi) is 2.59. The van der Waals surface area contributed by atoms with Crippen LogP contribution in [-0.2, 0) is 6.42 Å². The molecular weight excluding hydrogens is 195 g/mol. The largest absolute Gasteiger partial charge is 0.368 e. The van der Waals surface area contributed by atoms with Crippen molar-refractivity contribution in [2.24, 2.45) is 0 Å². The van der Waals surface area contributed by atoms with E-state index in [0.29, 0.717) is 0 Å². The number of hydrogen-bond acceptors (Lipinski definition) is 2. The van der Waals surface area contributed by atoms with Crippen molar-refractivity contribution in [2.45, 2.75) is 26.1 Å². The SMILES string of the molecule is CC1=C(CC(O)O)c2cc(F)ccc2C1. The summed E-state index contributed by atoms with van der Waals surface area (Å²) in [5.74, 6) is -0.284. The van der Waals surface area contributed by atoms with Crippen LogP contribution >= 0.6 is 0 Å². The minimum absolute atomic E-state index is 0.169. The normalized spacial score (nSPS) is 15.0. The predicted octanol–water partition coefficient (Wildman–Crippen LogP) is 1.86. The highest BCUT2D eigenvalue weighted by atomic mass is 19.1. The third kappa shape index (κ3) is 1.94. The molecule has 0 heterocycles. The molecular formula is C12H13FO2. The molecule has 0 aliphatic heterocycles. The summed E-state index contributed by atoms with van der Waals surface area (Å²) in [4.78, 5) is 0. The lowest BCUT2D eigenvalue weighted by Crippen LogP contribution is -2.05. The van der Waals surface area contributed by atoms with Gasteiger partial charge in [-0.05, 0) is 42.2 Å². The smallest absolute Gasteiger partial charge is 0.155 e. The summed E-state index contributed by atoms with van der Waals surface area (Å²) in [7, 11) is 0. The van der Waals surface area contributed by atoms with Crippen LogP contribution in [0.2, 0.25) is 0 Å². The number of allylic oxidation sites excluding steroid dienone is 1. The van der Waals surface area contributed by atoms with Crippen molar-refractivity contribution in [1.29, 1.82) is 0 Å². The van der Waals surface area contributed by atoms with Gasteiger partial charge in [-0.3, -0.25) is 0 Å². The van der Waals surface area contributed by atoms with E-state index in [1.54, 1.807) is 6.07 Å². The molecule has 1 aliphatic carbocycles. The maximum Gasteiger partial charge on any atom is 0.155 e. The van der Waals surface area contributed by atoms with Gasteiger partial charge in [0, 0.05) is 6.42 Å². The Hall–Kier alpha value is -1.19. The van der Waals surface area contributed by atoms with Crippen LogP contribution in [-0.4, -0.2) is 16.5 Å². The van der Waals surface area contributed by atoms with Crippen molar-refractivity contribution in [1.82, 2.24) is 0 Å². The summed E-state index contributed by atoms with van der Waals surface area (Å²) in [6, 6.07) is 4.65. The van der Waals surface area contributed by atoms with Crippen LogP contribution in [0.1, 0.15) is 24.5 Å². The van der Waals surface area contributed by atoms with Gasteiger partial charge in [0.2, 0.25) is 0 Å². The zero-order valence-electron chi connectivity index (χ0n) is 8.50. The summed E-state index contributed by atoms with van der Waals surface area (Å²) in [6.45, 7) is 1.94. The van der Waals surface area contributed by atoms with Gasteiger partial charge in [0.05, 0.1) is 0 Å². The second-order valence-corrected chi connectivity index (χ2v) is 3.92. The van der Waals surface area contributed by atoms with Crippen molar-refractivity contribution in [3.8, 4) is 0 Å². The lowest BCUT2D eigenvalue weighted by molar-refractivity contribution is -0.0343. The molecule has 0 radical (unpaired) electrons. The molecule has 0 unspecified atom stereocenters. The lowest BCUT2D eigenvalue weighted by Gasteiger charge is -2.08. The van der Waals surface area contributed by atoms with Crippen molar-refractivity contribution in [2.75, 3.05) is 0 Å². The monoisotopic (exact) mass is 208 g/mol. The van der Waals surface area contributed by atoms with E-state index in [9.17, 15) is 4.39 Å². The molecule has 0 saturated heterocycles. The number of aliphatic hydroxyl groups is 2. The van der Waals surface area contributed by atoms with Gasteiger partial charge < -0.3 is 10.2 Å². The van der Waals surface area contributed by atoms with Gasteiger partial charge in [-0.2, -0.15) is 0 Å². The topological polar surface area (TPSA) is 40.5 Å². The van der Waals surface area contributed by atoms with E-state index in [1.807, 2.05) is 6.92 Å². The van der Waals surface area contributed by atoms with E-state index in [0.717, 1.165) is 28.7 Å². The van der Waals surface area contributed by atoms with Gasteiger partial charge in [0.25, 0.3) is 0 Å². The zero-order chi connectivity index (χ0) is 11.0. The first-order chi connectivity index (χ1) is 7.08. The summed E-state index contributed by atoms with van der Waals surface area (Å²) in [5.41, 5.74) is 3.83. The average molecular weight is 208 g/mol. The number of rotatable bonds is 2. The van der Waals surface area contributed by atoms with E-state index < -0.39 is 6.29 Å². The first kappa shape index (κ1) is 10.3. The van der Waals surface area contributed by atoms with E-state index in [1.165, 1.54) is 12.1 Å². The Morgan fingerprint density at radius 3 is 2.80 bits per heavy atom. The molecule has 0 spiro atoms. The molecule has 15 heavy (non-hydrogen) atoms. The standard InChI is InChI=1S/C12H13FO2/c1-7-4-8-2-3-9(13)5-11(8)10(7)6-12(14)15/h2-3,5,12,14-15H,4,6H2,1H3. The van der Waals surface area contributed by atoms with Crippen molar-refractivity contribution >= 4 is 5.57 Å². The fraction of sp³-hybridized carbons (Fsp3) is 0.333. The number of benzene rings is 1. The molecule has 2 rings (SSSR count). The van der Waals surface area contributed by atoms with Gasteiger partial charge >= 0.3 is 0 Å². The number of aliphatic hydroxyl groups excluding tert-OH is 1. The Morgan fingerprint density at radius 1 is 1.40 bits per heavy atom. The quantitative estimate of drug-likeness (QED) is 0.728. The third-order valence-electron chi connectivity index (χ3n) is 2.75. The Bertz CT molecular complexity index is 422. The number of fused-ring (bicyclic) bond motifs is 1. The Balaban J connectivity index is 2.40. The highest BCUT2D eigenvalue weighted by Gasteiger charge is 2.20. The van der Waals surface area contributed by atoms with Gasteiger partial charge in [-0.25, -0.2) is 4.39 Å². The maximum atomic E-state index is 13.1. The minimum Gasteiger partial charge on any atom is -0.368 e. The lowest BCUT2D eigenvalue weighted by atomic mass is 10.0. The van der Waals surface area contributed by atoms with Gasteiger partial charge in [0.15, 0.2) is 6.29 Å². The zero-order valence-corrected chi connectivity index (χ0v) is 8.50. The first-order valence-corrected chi connectivity index (χ1v) is 4.91. The van der Waals surface area contributed by atoms with Crippen LogP contribution < -0.4 is 0 Å². The third-order valence-corrected chi connectivity index (χ3v) is 2.75. The van der Waals surface area contributed by atoms with E-state index in [4.69, 9.17) is 10.2 Å². The molecule has 1 aliphatic rings. The molecule has 2 nitrogen and oxygen atoms in total. The van der Waals surface area contributed by atoms with Crippen LogP contribution in [0.5, 0.6) is 0 Å². The number of halogens is 1. The molecule has 0 saturated carbocycles. The van der Waals surface area contributed by atoms with Crippen LogP contribution in [0, 0.1) is 5.82 Å². The minimum atomic E-state index is -1.37. The van der Waals surface area contributed by atoms with Crippen LogP contribution in [0.25, 0.3) is 5.57 Å². The number of hydrogen-bond donors (Lipinski definition) is 2. The van der Waals surface area contributed by atoms with Crippen molar-refractivity contribution in [3.63, 3.8) is 0 Å². The van der Waals surface area contributed by atoms with Crippen molar-refractivity contribution in [3.05, 3.63) is 40.7 Å². The molecule has 2 N–H and O–H groups in total. The highest BCUT2D eigenvalue weighted by molar-refractivity contribution is 5.76. The van der Waals surface area contributed by atoms with E-state index >= 15 is 0 Å². The Morgan fingerprint density at radius 2 is 2.13 bits per heavy atom. The first-order valence-electron chi connectivity index (χ1n) is 4.91. The highest BCUT2D eigenvalue weighted by Crippen LogP contribution is 2.35. The fourth-order valence-electron chi connectivity index (χ4n) is 2.07. The summed E-state index contributed by atoms with van der Waals surface area (Å²) in [6.07, 6.45) is -0.427. The van der Waals surface area contributed by atoms with E-state index in [2.05, 4.69) is 0 Å². The van der Waals surface area contributed by atoms with Crippen LogP contribution in [0.4, 0.5) is 4.39 Å². The predicted molar refractivity (Wildman–Crippen MR) is 55.5 cm³/mol. The van der Waals surface area contributed by atoms with Crippen molar-refractivity contribution < 1.29 is 14.6 Å². The molecule has 3 heteroatoms.